The summed E-state index contributed by atoms with van der Waals surface area (Å²) in [5.41, 5.74) is 8.10. The van der Waals surface area contributed by atoms with Gasteiger partial charge in [0.2, 0.25) is 5.95 Å². The molecule has 1 unspecified atom stereocenters. The van der Waals surface area contributed by atoms with Gasteiger partial charge in [-0.3, -0.25) is 4.98 Å². The van der Waals surface area contributed by atoms with Crippen LogP contribution in [0.3, 0.4) is 0 Å². The van der Waals surface area contributed by atoms with E-state index in [1.807, 2.05) is 26.0 Å². The van der Waals surface area contributed by atoms with Crippen molar-refractivity contribution in [2.45, 2.75) is 19.9 Å². The van der Waals surface area contributed by atoms with E-state index in [0.29, 0.717) is 11.6 Å². The van der Waals surface area contributed by atoms with E-state index in [-0.39, 0.29) is 11.0 Å². The van der Waals surface area contributed by atoms with Gasteiger partial charge in [-0.2, -0.15) is 0 Å². The number of anilines is 1. The third-order valence-corrected chi connectivity index (χ3v) is 2.87. The molecule has 0 aliphatic carbocycles. The Balaban J connectivity index is 2.21. The lowest BCUT2D eigenvalue weighted by atomic mass is 10.1. The van der Waals surface area contributed by atoms with Crippen LogP contribution in [-0.2, 0) is 0 Å². The van der Waals surface area contributed by atoms with Gasteiger partial charge in [-0.25, -0.2) is 9.97 Å². The molecule has 0 fully saturated rings. The Morgan fingerprint density at radius 2 is 2.00 bits per heavy atom. The minimum absolute atomic E-state index is 0.0731. The van der Waals surface area contributed by atoms with Crippen LogP contribution in [0.4, 0.5) is 5.95 Å². The first kappa shape index (κ1) is 13.4. The van der Waals surface area contributed by atoms with E-state index in [1.165, 1.54) is 0 Å². The van der Waals surface area contributed by atoms with E-state index in [0.717, 1.165) is 11.3 Å². The van der Waals surface area contributed by atoms with Crippen LogP contribution in [0.15, 0.2) is 30.6 Å². The van der Waals surface area contributed by atoms with Gasteiger partial charge >= 0.3 is 0 Å². The van der Waals surface area contributed by atoms with Crippen molar-refractivity contribution in [1.82, 2.24) is 15.0 Å². The maximum atomic E-state index is 5.60. The quantitative estimate of drug-likeness (QED) is 0.830. The molecule has 0 aliphatic heterocycles. The fourth-order valence-electron chi connectivity index (χ4n) is 1.69. The number of aromatic nitrogens is 3. The topological polar surface area (TPSA) is 76.7 Å². The summed E-state index contributed by atoms with van der Waals surface area (Å²) in [6.07, 6.45) is 3.51. The van der Waals surface area contributed by atoms with Crippen LogP contribution in [0.5, 0.6) is 0 Å². The van der Waals surface area contributed by atoms with Crippen molar-refractivity contribution in [2.24, 2.45) is 5.73 Å². The number of thiocarbonyl (C=S) groups is 1. The lowest BCUT2D eigenvalue weighted by Gasteiger charge is -2.14. The number of rotatable bonds is 4. The van der Waals surface area contributed by atoms with Crippen LogP contribution < -0.4 is 11.1 Å². The number of pyridine rings is 1. The average Bonchev–Trinajstić information content (AvgIpc) is 2.39. The molecular weight excluding hydrogens is 258 g/mol. The standard InChI is InChI=1S/C13H15N5S/c1-8-7-11(12(14)19)18-13(16-8)17-9(2)10-3-5-15-6-4-10/h3-7,9H,1-2H3,(H2,14,19)(H,16,17,18). The van der Waals surface area contributed by atoms with E-state index < -0.39 is 0 Å². The number of hydrogen-bond donors (Lipinski definition) is 2. The molecular formula is C13H15N5S. The highest BCUT2D eigenvalue weighted by atomic mass is 32.1. The van der Waals surface area contributed by atoms with Gasteiger partial charge in [0.1, 0.15) is 10.7 Å². The zero-order valence-electron chi connectivity index (χ0n) is 10.8. The summed E-state index contributed by atoms with van der Waals surface area (Å²) in [6.45, 7) is 3.91. The van der Waals surface area contributed by atoms with E-state index >= 15 is 0 Å². The molecule has 0 saturated carbocycles. The Morgan fingerprint density at radius 3 is 2.63 bits per heavy atom. The Hall–Kier alpha value is -2.08. The van der Waals surface area contributed by atoms with Crippen molar-refractivity contribution >= 4 is 23.2 Å². The van der Waals surface area contributed by atoms with Gasteiger partial charge < -0.3 is 11.1 Å². The predicted molar refractivity (Wildman–Crippen MR) is 78.9 cm³/mol. The average molecular weight is 273 g/mol. The van der Waals surface area contributed by atoms with Gasteiger partial charge in [0.25, 0.3) is 0 Å². The number of nitrogens with one attached hydrogen (secondary N) is 1. The Kier molecular flexibility index (Phi) is 4.01. The largest absolute Gasteiger partial charge is 0.388 e. The highest BCUT2D eigenvalue weighted by Crippen LogP contribution is 2.16. The highest BCUT2D eigenvalue weighted by molar-refractivity contribution is 7.80. The first-order valence-corrected chi connectivity index (χ1v) is 6.29. The summed E-state index contributed by atoms with van der Waals surface area (Å²) in [4.78, 5) is 12.9. The van der Waals surface area contributed by atoms with Crippen molar-refractivity contribution in [3.8, 4) is 0 Å². The van der Waals surface area contributed by atoms with Crippen LogP contribution in [0.1, 0.15) is 29.9 Å². The minimum Gasteiger partial charge on any atom is -0.388 e. The van der Waals surface area contributed by atoms with Gasteiger partial charge in [-0.1, -0.05) is 12.2 Å². The van der Waals surface area contributed by atoms with Crippen LogP contribution in [0.25, 0.3) is 0 Å². The van der Waals surface area contributed by atoms with Gasteiger partial charge in [0, 0.05) is 18.1 Å². The van der Waals surface area contributed by atoms with Gasteiger partial charge in [0.15, 0.2) is 0 Å². The monoisotopic (exact) mass is 273 g/mol. The molecule has 2 heterocycles. The summed E-state index contributed by atoms with van der Waals surface area (Å²) in [7, 11) is 0. The normalized spacial score (nSPS) is 11.9. The third-order valence-electron chi connectivity index (χ3n) is 2.66. The van der Waals surface area contributed by atoms with E-state index in [9.17, 15) is 0 Å². The van der Waals surface area contributed by atoms with Crippen LogP contribution in [0, 0.1) is 6.92 Å². The molecule has 19 heavy (non-hydrogen) atoms. The second-order valence-corrected chi connectivity index (χ2v) is 4.67. The van der Waals surface area contributed by atoms with Gasteiger partial charge in [0.05, 0.1) is 6.04 Å². The Labute approximate surface area is 117 Å². The summed E-state index contributed by atoms with van der Waals surface area (Å²) in [5.74, 6) is 0.520. The fourth-order valence-corrected chi connectivity index (χ4v) is 1.79. The number of hydrogen-bond acceptors (Lipinski definition) is 5. The van der Waals surface area contributed by atoms with Crippen molar-refractivity contribution in [3.63, 3.8) is 0 Å². The lowest BCUT2D eigenvalue weighted by Crippen LogP contribution is -2.16. The molecule has 2 rings (SSSR count). The molecule has 0 bridgehead atoms. The molecule has 2 aromatic rings. The summed E-state index contributed by atoms with van der Waals surface area (Å²) >= 11 is 4.94. The number of nitrogens with two attached hydrogens (primary N) is 1. The fraction of sp³-hybridized carbons (Fsp3) is 0.231. The van der Waals surface area contributed by atoms with Crippen molar-refractivity contribution < 1.29 is 0 Å². The summed E-state index contributed by atoms with van der Waals surface area (Å²) in [6, 6.07) is 5.73. The third kappa shape index (κ3) is 3.45. The van der Waals surface area contributed by atoms with E-state index in [1.54, 1.807) is 18.5 Å². The van der Waals surface area contributed by atoms with Crippen molar-refractivity contribution in [3.05, 3.63) is 47.5 Å². The van der Waals surface area contributed by atoms with E-state index in [4.69, 9.17) is 18.0 Å². The number of aryl methyl sites for hydroxylation is 1. The second-order valence-electron chi connectivity index (χ2n) is 4.23. The summed E-state index contributed by atoms with van der Waals surface area (Å²) < 4.78 is 0. The molecule has 98 valence electrons. The highest BCUT2D eigenvalue weighted by Gasteiger charge is 2.09. The molecule has 2 aromatic heterocycles. The molecule has 5 nitrogen and oxygen atoms in total. The van der Waals surface area contributed by atoms with Crippen LogP contribution >= 0.6 is 12.2 Å². The van der Waals surface area contributed by atoms with Crippen molar-refractivity contribution in [2.75, 3.05) is 5.32 Å². The maximum Gasteiger partial charge on any atom is 0.224 e. The smallest absolute Gasteiger partial charge is 0.224 e. The van der Waals surface area contributed by atoms with E-state index in [2.05, 4.69) is 20.3 Å². The maximum absolute atomic E-state index is 5.60. The van der Waals surface area contributed by atoms with Crippen molar-refractivity contribution in [1.29, 1.82) is 0 Å². The number of nitrogens with zero attached hydrogens (tertiary/aromatic N) is 3. The van der Waals surface area contributed by atoms with Crippen LogP contribution in [0.2, 0.25) is 0 Å². The molecule has 0 amide bonds. The zero-order chi connectivity index (χ0) is 13.8. The molecule has 0 saturated heterocycles. The Bertz CT molecular complexity index is 585. The molecule has 0 spiro atoms. The lowest BCUT2D eigenvalue weighted by molar-refractivity contribution is 0.853. The van der Waals surface area contributed by atoms with Gasteiger partial charge in [-0.05, 0) is 37.6 Å². The minimum atomic E-state index is 0.0731. The molecule has 1 atom stereocenters. The first-order chi connectivity index (χ1) is 9.06. The predicted octanol–water partition coefficient (Wildman–Crippen LogP) is 1.99. The first-order valence-electron chi connectivity index (χ1n) is 5.88. The second kappa shape index (κ2) is 5.71. The van der Waals surface area contributed by atoms with Crippen LogP contribution in [-0.4, -0.2) is 19.9 Å². The molecule has 6 heteroatoms. The molecule has 0 aromatic carbocycles. The SMILES string of the molecule is Cc1cc(C(N)=S)nc(NC(C)c2ccncc2)n1. The van der Waals surface area contributed by atoms with Gasteiger partial charge in [-0.15, -0.1) is 0 Å². The summed E-state index contributed by atoms with van der Waals surface area (Å²) in [5, 5.41) is 3.23. The molecule has 0 aliphatic rings. The molecule has 3 N–H and O–H groups in total. The zero-order valence-corrected chi connectivity index (χ0v) is 11.6. The molecule has 0 radical (unpaired) electrons. The Morgan fingerprint density at radius 1 is 1.32 bits per heavy atom.